The van der Waals surface area contributed by atoms with Crippen LogP contribution in [-0.2, 0) is 10.0 Å². The van der Waals surface area contributed by atoms with E-state index in [0.29, 0.717) is 11.4 Å². The molecule has 0 radical (unpaired) electrons. The van der Waals surface area contributed by atoms with Crippen LogP contribution in [0, 0.1) is 0 Å². The van der Waals surface area contributed by atoms with Gasteiger partial charge in [-0.1, -0.05) is 48.0 Å². The Morgan fingerprint density at radius 3 is 2.38 bits per heavy atom. The van der Waals surface area contributed by atoms with E-state index in [9.17, 15) is 8.42 Å². The van der Waals surface area contributed by atoms with Crippen LogP contribution in [0.3, 0.4) is 0 Å². The molecule has 0 aliphatic carbocycles. The summed E-state index contributed by atoms with van der Waals surface area (Å²) in [4.78, 5) is 1.21. The van der Waals surface area contributed by atoms with E-state index in [1.807, 2.05) is 29.6 Å². The number of thiophene rings is 1. The second-order valence-corrected chi connectivity index (χ2v) is 9.09. The molecule has 1 aromatic heterocycles. The predicted octanol–water partition coefficient (Wildman–Crippen LogP) is 4.94. The standard InChI is InChI=1S/C19H15ClN2O2S2/c20-15-10-8-14(9-11-15)17-13-18(19-7-4-12-25-19)22(21-17)26(23,24)16-5-2-1-3-6-16/h1-12,18H,13H2/t18-/m1/s1. The summed E-state index contributed by atoms with van der Waals surface area (Å²) in [5.74, 6) is 0. The summed E-state index contributed by atoms with van der Waals surface area (Å²) in [6, 6.07) is 19.2. The first-order valence-electron chi connectivity index (χ1n) is 8.02. The van der Waals surface area contributed by atoms with Gasteiger partial charge in [0.05, 0.1) is 10.6 Å². The van der Waals surface area contributed by atoms with Gasteiger partial charge in [-0.25, -0.2) is 0 Å². The van der Waals surface area contributed by atoms with Gasteiger partial charge in [0.15, 0.2) is 0 Å². The van der Waals surface area contributed by atoms with Gasteiger partial charge in [-0.2, -0.15) is 17.9 Å². The molecule has 0 N–H and O–H groups in total. The Morgan fingerprint density at radius 2 is 1.73 bits per heavy atom. The minimum atomic E-state index is -3.74. The van der Waals surface area contributed by atoms with Crippen molar-refractivity contribution in [3.63, 3.8) is 0 Å². The lowest BCUT2D eigenvalue weighted by Gasteiger charge is -2.22. The van der Waals surface area contributed by atoms with Crippen molar-refractivity contribution < 1.29 is 8.42 Å². The summed E-state index contributed by atoms with van der Waals surface area (Å²) < 4.78 is 27.6. The second-order valence-electron chi connectivity index (χ2n) is 5.88. The van der Waals surface area contributed by atoms with Gasteiger partial charge >= 0.3 is 0 Å². The van der Waals surface area contributed by atoms with E-state index in [-0.39, 0.29) is 10.9 Å². The number of nitrogens with zero attached hydrogens (tertiary/aromatic N) is 2. The molecular formula is C19H15ClN2O2S2. The van der Waals surface area contributed by atoms with E-state index < -0.39 is 10.0 Å². The molecule has 2 aromatic carbocycles. The van der Waals surface area contributed by atoms with Crippen LogP contribution in [-0.4, -0.2) is 18.5 Å². The Bertz CT molecular complexity index is 1030. The quantitative estimate of drug-likeness (QED) is 0.620. The van der Waals surface area contributed by atoms with E-state index in [1.165, 1.54) is 15.8 Å². The predicted molar refractivity (Wildman–Crippen MR) is 105 cm³/mol. The van der Waals surface area contributed by atoms with Crippen LogP contribution in [0.15, 0.2) is 82.1 Å². The topological polar surface area (TPSA) is 49.7 Å². The van der Waals surface area contributed by atoms with Gasteiger partial charge in [-0.3, -0.25) is 0 Å². The van der Waals surface area contributed by atoms with Crippen molar-refractivity contribution in [3.8, 4) is 0 Å². The van der Waals surface area contributed by atoms with E-state index in [0.717, 1.165) is 16.2 Å². The maximum atomic E-state index is 13.2. The largest absolute Gasteiger partial charge is 0.279 e. The zero-order valence-corrected chi connectivity index (χ0v) is 16.0. The van der Waals surface area contributed by atoms with Gasteiger partial charge in [-0.05, 0) is 41.3 Å². The lowest BCUT2D eigenvalue weighted by atomic mass is 10.0. The molecule has 0 saturated carbocycles. The fourth-order valence-electron chi connectivity index (χ4n) is 2.92. The molecule has 26 heavy (non-hydrogen) atoms. The summed E-state index contributed by atoms with van der Waals surface area (Å²) in [5, 5.41) is 7.08. The first-order valence-corrected chi connectivity index (χ1v) is 10.7. The maximum absolute atomic E-state index is 13.2. The highest BCUT2D eigenvalue weighted by Gasteiger charge is 2.38. The Labute approximate surface area is 161 Å². The Balaban J connectivity index is 1.78. The molecule has 3 aromatic rings. The number of hydrazone groups is 1. The highest BCUT2D eigenvalue weighted by atomic mass is 35.5. The summed E-state index contributed by atoms with van der Waals surface area (Å²) in [5.41, 5.74) is 1.61. The second kappa shape index (κ2) is 6.87. The van der Waals surface area contributed by atoms with Gasteiger partial charge in [0, 0.05) is 16.3 Å². The first-order chi connectivity index (χ1) is 12.6. The molecule has 0 saturated heterocycles. The van der Waals surface area contributed by atoms with Crippen LogP contribution in [0.5, 0.6) is 0 Å². The smallest absolute Gasteiger partial charge is 0.200 e. The van der Waals surface area contributed by atoms with Crippen LogP contribution < -0.4 is 0 Å². The van der Waals surface area contributed by atoms with Crippen molar-refractivity contribution in [2.75, 3.05) is 0 Å². The summed E-state index contributed by atoms with van der Waals surface area (Å²) in [7, 11) is -3.74. The van der Waals surface area contributed by atoms with Gasteiger partial charge in [0.2, 0.25) is 0 Å². The Hall–Kier alpha value is -2.15. The molecule has 4 rings (SSSR count). The molecular weight excluding hydrogens is 388 g/mol. The zero-order chi connectivity index (χ0) is 18.1. The first kappa shape index (κ1) is 17.3. The van der Waals surface area contributed by atoms with Crippen LogP contribution in [0.4, 0.5) is 0 Å². The van der Waals surface area contributed by atoms with Crippen molar-refractivity contribution in [2.24, 2.45) is 5.10 Å². The lowest BCUT2D eigenvalue weighted by Crippen LogP contribution is -2.26. The fraction of sp³-hybridized carbons (Fsp3) is 0.105. The van der Waals surface area contributed by atoms with E-state index in [2.05, 4.69) is 5.10 Å². The van der Waals surface area contributed by atoms with Crippen LogP contribution in [0.25, 0.3) is 0 Å². The highest BCUT2D eigenvalue weighted by molar-refractivity contribution is 7.89. The van der Waals surface area contributed by atoms with Crippen LogP contribution >= 0.6 is 22.9 Å². The Morgan fingerprint density at radius 1 is 1.00 bits per heavy atom. The molecule has 4 nitrogen and oxygen atoms in total. The molecule has 0 spiro atoms. The summed E-state index contributed by atoms with van der Waals surface area (Å²) >= 11 is 7.50. The SMILES string of the molecule is O=S(=O)(c1ccccc1)N1N=C(c2ccc(Cl)cc2)C[C@@H]1c1cccs1. The molecule has 2 heterocycles. The van der Waals surface area contributed by atoms with E-state index in [4.69, 9.17) is 11.6 Å². The third-order valence-electron chi connectivity index (χ3n) is 4.21. The molecule has 1 aliphatic rings. The fourth-order valence-corrected chi connectivity index (χ4v) is 5.37. The molecule has 132 valence electrons. The molecule has 0 unspecified atom stereocenters. The summed E-state index contributed by atoms with van der Waals surface area (Å²) in [6.07, 6.45) is 0.522. The number of benzene rings is 2. The van der Waals surface area contributed by atoms with Crippen molar-refractivity contribution >= 4 is 38.7 Å². The number of sulfonamides is 1. The number of halogens is 1. The molecule has 7 heteroatoms. The van der Waals surface area contributed by atoms with Gasteiger partial charge in [0.25, 0.3) is 10.0 Å². The number of hydrogen-bond acceptors (Lipinski definition) is 4. The van der Waals surface area contributed by atoms with Crippen LogP contribution in [0.2, 0.25) is 5.02 Å². The highest BCUT2D eigenvalue weighted by Crippen LogP contribution is 2.38. The third-order valence-corrected chi connectivity index (χ3v) is 7.13. The van der Waals surface area contributed by atoms with Crippen LogP contribution in [0.1, 0.15) is 22.9 Å². The molecule has 0 fully saturated rings. The minimum Gasteiger partial charge on any atom is -0.200 e. The summed E-state index contributed by atoms with van der Waals surface area (Å²) in [6.45, 7) is 0. The van der Waals surface area contributed by atoms with Crippen molar-refractivity contribution in [2.45, 2.75) is 17.4 Å². The molecule has 0 amide bonds. The van der Waals surface area contributed by atoms with Crippen molar-refractivity contribution in [1.29, 1.82) is 0 Å². The lowest BCUT2D eigenvalue weighted by molar-refractivity contribution is 0.375. The van der Waals surface area contributed by atoms with Gasteiger partial charge in [0.1, 0.15) is 6.04 Å². The minimum absolute atomic E-state index is 0.239. The monoisotopic (exact) mass is 402 g/mol. The molecule has 1 atom stereocenters. The maximum Gasteiger partial charge on any atom is 0.279 e. The van der Waals surface area contributed by atoms with Crippen molar-refractivity contribution in [3.05, 3.63) is 87.6 Å². The number of rotatable bonds is 4. The number of hydrogen-bond donors (Lipinski definition) is 0. The molecule has 0 bridgehead atoms. The zero-order valence-electron chi connectivity index (χ0n) is 13.6. The van der Waals surface area contributed by atoms with Gasteiger partial charge in [-0.15, -0.1) is 11.3 Å². The average molecular weight is 403 g/mol. The normalized spacial score (nSPS) is 17.3. The Kier molecular flexibility index (Phi) is 4.56. The third kappa shape index (κ3) is 3.16. The van der Waals surface area contributed by atoms with E-state index in [1.54, 1.807) is 42.5 Å². The van der Waals surface area contributed by atoms with Gasteiger partial charge < -0.3 is 0 Å². The van der Waals surface area contributed by atoms with E-state index >= 15 is 0 Å². The average Bonchev–Trinajstić information content (AvgIpc) is 3.33. The molecule has 1 aliphatic heterocycles. The van der Waals surface area contributed by atoms with Crippen molar-refractivity contribution in [1.82, 2.24) is 4.41 Å².